The van der Waals surface area contributed by atoms with Gasteiger partial charge in [0, 0.05) is 32.1 Å². The molecule has 0 fully saturated rings. The van der Waals surface area contributed by atoms with Crippen molar-refractivity contribution in [2.45, 2.75) is 37.1 Å². The van der Waals surface area contributed by atoms with Crippen molar-refractivity contribution >= 4 is 16.1 Å². The van der Waals surface area contributed by atoms with Crippen LogP contribution in [0.15, 0.2) is 152 Å². The van der Waals surface area contributed by atoms with E-state index in [1.165, 1.54) is 0 Å². The zero-order chi connectivity index (χ0) is 41.0. The molecule has 6 aromatic rings. The first-order chi connectivity index (χ1) is 28.1. The summed E-state index contributed by atoms with van der Waals surface area (Å²) < 4.78 is 64.1. The smallest absolute Gasteiger partial charge is 0.264 e. The van der Waals surface area contributed by atoms with Crippen LogP contribution in [0.2, 0.25) is 0 Å². The fourth-order valence-electron chi connectivity index (χ4n) is 6.68. The van der Waals surface area contributed by atoms with Crippen molar-refractivity contribution in [3.8, 4) is 11.5 Å². The molecule has 12 heteroatoms. The van der Waals surface area contributed by atoms with Crippen LogP contribution in [0.3, 0.4) is 0 Å². The Bertz CT molecular complexity index is 2150. The Labute approximate surface area is 341 Å². The quantitative estimate of drug-likeness (QED) is 0.0557. The normalized spacial score (nSPS) is 13.3. The average molecular weight is 804 g/mol. The lowest BCUT2D eigenvalue weighted by Gasteiger charge is -2.39. The minimum Gasteiger partial charge on any atom is -0.497 e. The molecule has 1 heterocycles. The Morgan fingerprint density at radius 3 is 1.45 bits per heavy atom. The molecule has 0 N–H and O–H groups in total. The third-order valence-electron chi connectivity index (χ3n) is 9.55. The van der Waals surface area contributed by atoms with Gasteiger partial charge in [-0.05, 0) is 52.1 Å². The van der Waals surface area contributed by atoms with E-state index in [4.69, 9.17) is 27.9 Å². The van der Waals surface area contributed by atoms with Gasteiger partial charge in [-0.3, -0.25) is 4.18 Å². The van der Waals surface area contributed by atoms with Crippen LogP contribution in [-0.2, 0) is 47.3 Å². The molecule has 0 bridgehead atoms. The Hall–Kier alpha value is -5.63. The molecular weight excluding hydrogens is 755 g/mol. The van der Waals surface area contributed by atoms with Gasteiger partial charge in [0.2, 0.25) is 5.95 Å². The average Bonchev–Trinajstić information content (AvgIpc) is 3.26. The summed E-state index contributed by atoms with van der Waals surface area (Å²) in [4.78, 5) is 11.0. The van der Waals surface area contributed by atoms with Crippen LogP contribution in [0.25, 0.3) is 0 Å². The highest BCUT2D eigenvalue weighted by Crippen LogP contribution is 2.41. The summed E-state index contributed by atoms with van der Waals surface area (Å²) in [6, 6.07) is 44.4. The fourth-order valence-corrected chi connectivity index (χ4v) is 7.29. The number of rotatable bonds is 20. The number of benzene rings is 5. The highest BCUT2D eigenvalue weighted by Gasteiger charge is 2.42. The van der Waals surface area contributed by atoms with E-state index in [-0.39, 0.29) is 19.8 Å². The highest BCUT2D eigenvalue weighted by atomic mass is 32.2. The van der Waals surface area contributed by atoms with E-state index in [9.17, 15) is 8.42 Å². The van der Waals surface area contributed by atoms with Gasteiger partial charge < -0.3 is 28.6 Å². The van der Waals surface area contributed by atoms with Crippen LogP contribution in [0.5, 0.6) is 11.5 Å². The first kappa shape index (κ1) is 42.0. The molecule has 0 aliphatic heterocycles. The van der Waals surface area contributed by atoms with E-state index < -0.39 is 34.0 Å². The zero-order valence-corrected chi connectivity index (χ0v) is 34.1. The lowest BCUT2D eigenvalue weighted by Crippen LogP contribution is -2.45. The van der Waals surface area contributed by atoms with E-state index in [2.05, 4.69) is 9.97 Å². The minimum absolute atomic E-state index is 0.0680. The molecule has 11 nitrogen and oxygen atoms in total. The Morgan fingerprint density at radius 1 is 0.621 bits per heavy atom. The second-order valence-corrected chi connectivity index (χ2v) is 15.4. The third kappa shape index (κ3) is 10.6. The Morgan fingerprint density at radius 2 is 1.05 bits per heavy atom. The van der Waals surface area contributed by atoms with Gasteiger partial charge in [-0.1, -0.05) is 115 Å². The Balaban J connectivity index is 1.48. The van der Waals surface area contributed by atoms with Gasteiger partial charge >= 0.3 is 0 Å². The summed E-state index contributed by atoms with van der Waals surface area (Å²) in [6.45, 7) is -0.0580. The van der Waals surface area contributed by atoms with E-state index in [1.807, 2.05) is 154 Å². The van der Waals surface area contributed by atoms with Crippen molar-refractivity contribution in [2.75, 3.05) is 46.1 Å². The molecule has 1 aromatic heterocycles. The molecule has 3 atom stereocenters. The molecule has 0 aliphatic carbocycles. The molecule has 58 heavy (non-hydrogen) atoms. The van der Waals surface area contributed by atoms with Crippen molar-refractivity contribution in [2.24, 2.45) is 0 Å². The molecule has 6 rings (SSSR count). The van der Waals surface area contributed by atoms with Gasteiger partial charge in [-0.15, -0.1) is 0 Å². The molecule has 0 aliphatic rings. The second kappa shape index (κ2) is 19.7. The van der Waals surface area contributed by atoms with Gasteiger partial charge in [-0.25, -0.2) is 9.97 Å². The summed E-state index contributed by atoms with van der Waals surface area (Å²) in [5.41, 5.74) is 3.51. The first-order valence-corrected chi connectivity index (χ1v) is 20.6. The van der Waals surface area contributed by atoms with E-state index in [1.54, 1.807) is 31.5 Å². The lowest BCUT2D eigenvalue weighted by molar-refractivity contribution is -0.150. The number of hydrogen-bond acceptors (Lipinski definition) is 11. The van der Waals surface area contributed by atoms with Crippen LogP contribution < -0.4 is 14.4 Å². The van der Waals surface area contributed by atoms with Crippen LogP contribution in [0.1, 0.15) is 39.5 Å². The second-order valence-electron chi connectivity index (χ2n) is 13.8. The minimum atomic E-state index is -4.11. The number of ether oxygens (including phenoxy) is 5. The maximum Gasteiger partial charge on any atom is 0.264 e. The predicted octanol–water partition coefficient (Wildman–Crippen LogP) is 7.76. The highest BCUT2D eigenvalue weighted by molar-refractivity contribution is 7.86. The standard InChI is InChI=1S/C46H49N3O8S/c1-49(2)45-47-29-36(30-48-45)43(54-31-34-21-25-40(52-3)26-22-34)44(55-32-35-23-27-41(53-4)28-24-35)42(57-58(5,50)51)33-56-46(37-15-9-6-10-16-37,38-17-11-7-12-18-38)39-19-13-8-14-20-39/h6-30,42-44H,31-33H2,1-5H3/t42-,43-,44+/m1/s1. The van der Waals surface area contributed by atoms with Crippen molar-refractivity contribution in [3.63, 3.8) is 0 Å². The topological polar surface area (TPSA) is 119 Å². The van der Waals surface area contributed by atoms with Crippen LogP contribution >= 0.6 is 0 Å². The van der Waals surface area contributed by atoms with E-state index in [0.717, 1.165) is 34.1 Å². The number of hydrogen-bond donors (Lipinski definition) is 0. The SMILES string of the molecule is COc1ccc(CO[C@H]([C@H](OCc2ccc(OC)cc2)c2cnc(N(C)C)nc2)[C@@H](COC(c2ccccc2)(c2ccccc2)c2ccccc2)OS(C)(=O)=O)cc1. The molecule has 0 spiro atoms. The summed E-state index contributed by atoms with van der Waals surface area (Å²) in [5, 5.41) is 0. The van der Waals surface area contributed by atoms with Gasteiger partial charge in [0.05, 0.1) is 40.3 Å². The lowest BCUT2D eigenvalue weighted by atomic mass is 9.80. The maximum atomic E-state index is 13.3. The Kier molecular flexibility index (Phi) is 14.3. The van der Waals surface area contributed by atoms with Crippen molar-refractivity contribution < 1.29 is 36.3 Å². The summed E-state index contributed by atoms with van der Waals surface area (Å²) in [6.07, 6.45) is 1.03. The van der Waals surface area contributed by atoms with Gasteiger partial charge in [0.1, 0.15) is 35.4 Å². The summed E-state index contributed by atoms with van der Waals surface area (Å²) in [7, 11) is 2.79. The molecule has 0 amide bonds. The first-order valence-electron chi connectivity index (χ1n) is 18.8. The molecule has 5 aromatic carbocycles. The molecule has 302 valence electrons. The van der Waals surface area contributed by atoms with Crippen LogP contribution in [0, 0.1) is 0 Å². The van der Waals surface area contributed by atoms with Crippen LogP contribution in [-0.4, -0.2) is 71.8 Å². The van der Waals surface area contributed by atoms with E-state index in [0.29, 0.717) is 23.0 Å². The van der Waals surface area contributed by atoms with Crippen molar-refractivity contribution in [3.05, 3.63) is 185 Å². The van der Waals surface area contributed by atoms with Crippen molar-refractivity contribution in [1.29, 1.82) is 0 Å². The summed E-state index contributed by atoms with van der Waals surface area (Å²) >= 11 is 0. The molecule has 0 radical (unpaired) electrons. The number of anilines is 1. The predicted molar refractivity (Wildman–Crippen MR) is 223 cm³/mol. The van der Waals surface area contributed by atoms with Crippen LogP contribution in [0.4, 0.5) is 5.95 Å². The van der Waals surface area contributed by atoms with Gasteiger partial charge in [0.15, 0.2) is 0 Å². The largest absolute Gasteiger partial charge is 0.497 e. The van der Waals surface area contributed by atoms with Crippen molar-refractivity contribution in [1.82, 2.24) is 9.97 Å². The third-order valence-corrected chi connectivity index (χ3v) is 10.1. The monoisotopic (exact) mass is 803 g/mol. The maximum absolute atomic E-state index is 13.3. The molecule has 0 unspecified atom stereocenters. The number of nitrogens with zero attached hydrogens (tertiary/aromatic N) is 3. The molecular formula is C46H49N3O8S. The fraction of sp³-hybridized carbons (Fsp3) is 0.261. The molecule has 0 saturated heterocycles. The molecule has 0 saturated carbocycles. The van der Waals surface area contributed by atoms with Gasteiger partial charge in [-0.2, -0.15) is 8.42 Å². The number of aromatic nitrogens is 2. The van der Waals surface area contributed by atoms with E-state index >= 15 is 0 Å². The number of methoxy groups -OCH3 is 2. The van der Waals surface area contributed by atoms with Gasteiger partial charge in [0.25, 0.3) is 10.1 Å². The zero-order valence-electron chi connectivity index (χ0n) is 33.3. The summed E-state index contributed by atoms with van der Waals surface area (Å²) in [5.74, 6) is 1.87.